The number of aromatic nitrogens is 2. The predicted molar refractivity (Wildman–Crippen MR) is 102 cm³/mol. The van der Waals surface area contributed by atoms with Gasteiger partial charge < -0.3 is 5.21 Å². The zero-order chi connectivity index (χ0) is 20.4. The highest BCUT2D eigenvalue weighted by Gasteiger charge is 2.52. The SMILES string of the molecule is NS(=O)(=O)C1(NCCCc2nonc2/C(Cc2ccc(F)c(Br)c2)=N/O)CC1. The van der Waals surface area contributed by atoms with Gasteiger partial charge in [0.15, 0.2) is 5.69 Å². The third kappa shape index (κ3) is 4.57. The van der Waals surface area contributed by atoms with E-state index in [1.807, 2.05) is 0 Å². The van der Waals surface area contributed by atoms with Crippen LogP contribution in [0.5, 0.6) is 0 Å². The fourth-order valence-corrected chi connectivity index (χ4v) is 4.25. The van der Waals surface area contributed by atoms with Crippen LogP contribution in [0.15, 0.2) is 32.5 Å². The van der Waals surface area contributed by atoms with Gasteiger partial charge in [0, 0.05) is 6.42 Å². The molecule has 0 bridgehead atoms. The molecule has 1 aliphatic rings. The zero-order valence-corrected chi connectivity index (χ0v) is 17.1. The first-order valence-electron chi connectivity index (χ1n) is 8.50. The Hall–Kier alpha value is -1.89. The molecule has 0 spiro atoms. The smallest absolute Gasteiger partial charge is 0.228 e. The molecule has 3 rings (SSSR count). The first kappa shape index (κ1) is 20.8. The number of aryl methyl sites for hydroxylation is 1. The topological polar surface area (TPSA) is 144 Å². The number of hydrogen-bond donors (Lipinski definition) is 3. The summed E-state index contributed by atoms with van der Waals surface area (Å²) < 4.78 is 41.5. The van der Waals surface area contributed by atoms with Crippen LogP contribution < -0.4 is 10.5 Å². The molecule has 1 heterocycles. The van der Waals surface area contributed by atoms with Crippen LogP contribution >= 0.6 is 15.9 Å². The number of nitrogens with one attached hydrogen (secondary N) is 1. The first-order valence-corrected chi connectivity index (χ1v) is 10.8. The fraction of sp³-hybridized carbons (Fsp3) is 0.438. The lowest BCUT2D eigenvalue weighted by atomic mass is 10.0. The average molecular weight is 476 g/mol. The molecule has 1 aliphatic carbocycles. The molecule has 0 radical (unpaired) electrons. The molecule has 28 heavy (non-hydrogen) atoms. The van der Waals surface area contributed by atoms with Crippen molar-refractivity contribution in [2.45, 2.75) is 37.0 Å². The Balaban J connectivity index is 1.61. The summed E-state index contributed by atoms with van der Waals surface area (Å²) in [5, 5.41) is 28.5. The molecule has 9 nitrogen and oxygen atoms in total. The van der Waals surface area contributed by atoms with Crippen molar-refractivity contribution < 1.29 is 22.6 Å². The van der Waals surface area contributed by atoms with Gasteiger partial charge in [-0.1, -0.05) is 16.4 Å². The van der Waals surface area contributed by atoms with Crippen LogP contribution in [0, 0.1) is 5.82 Å². The van der Waals surface area contributed by atoms with E-state index in [-0.39, 0.29) is 12.1 Å². The molecule has 0 aliphatic heterocycles. The van der Waals surface area contributed by atoms with Crippen LogP contribution in [0.3, 0.4) is 0 Å². The maximum atomic E-state index is 13.4. The molecule has 1 aromatic heterocycles. The normalized spacial score (nSPS) is 16.3. The summed E-state index contributed by atoms with van der Waals surface area (Å²) in [5.74, 6) is -0.393. The number of halogens is 2. The average Bonchev–Trinajstić information content (AvgIpc) is 3.31. The number of rotatable bonds is 9. The van der Waals surface area contributed by atoms with Gasteiger partial charge in [-0.15, -0.1) is 0 Å². The minimum absolute atomic E-state index is 0.198. The van der Waals surface area contributed by atoms with Gasteiger partial charge in [-0.05, 0) is 71.0 Å². The highest BCUT2D eigenvalue weighted by molar-refractivity contribution is 9.10. The molecule has 2 aromatic rings. The summed E-state index contributed by atoms with van der Waals surface area (Å²) >= 11 is 3.12. The van der Waals surface area contributed by atoms with Crippen molar-refractivity contribution in [3.63, 3.8) is 0 Å². The fourth-order valence-electron chi connectivity index (χ4n) is 2.85. The van der Waals surface area contributed by atoms with Gasteiger partial charge in [0.05, 0.1) is 4.47 Å². The van der Waals surface area contributed by atoms with Crippen molar-refractivity contribution >= 4 is 31.7 Å². The summed E-state index contributed by atoms with van der Waals surface area (Å²) in [6.45, 7) is 0.416. The van der Waals surface area contributed by atoms with Crippen LogP contribution in [-0.4, -0.2) is 41.1 Å². The van der Waals surface area contributed by atoms with E-state index in [9.17, 15) is 18.0 Å². The maximum Gasteiger partial charge on any atom is 0.228 e. The molecule has 0 amide bonds. The second-order valence-electron chi connectivity index (χ2n) is 6.60. The monoisotopic (exact) mass is 475 g/mol. The van der Waals surface area contributed by atoms with E-state index in [0.717, 1.165) is 0 Å². The first-order chi connectivity index (χ1) is 13.3. The molecular weight excluding hydrogens is 457 g/mol. The molecular formula is C16H19BrFN5O4S. The lowest BCUT2D eigenvalue weighted by Gasteiger charge is -2.14. The lowest BCUT2D eigenvalue weighted by molar-refractivity contribution is 0.300. The lowest BCUT2D eigenvalue weighted by Crippen LogP contribution is -2.43. The number of benzene rings is 1. The Kier molecular flexibility index (Phi) is 6.12. The molecule has 1 fully saturated rings. The van der Waals surface area contributed by atoms with E-state index < -0.39 is 20.7 Å². The van der Waals surface area contributed by atoms with Crippen molar-refractivity contribution in [3.8, 4) is 0 Å². The molecule has 0 saturated heterocycles. The van der Waals surface area contributed by atoms with E-state index >= 15 is 0 Å². The summed E-state index contributed by atoms with van der Waals surface area (Å²) in [5.41, 5.74) is 1.72. The molecule has 0 unspecified atom stereocenters. The van der Waals surface area contributed by atoms with Crippen molar-refractivity contribution in [1.82, 2.24) is 15.6 Å². The van der Waals surface area contributed by atoms with E-state index in [2.05, 4.69) is 36.7 Å². The quantitative estimate of drug-likeness (QED) is 0.216. The summed E-state index contributed by atoms with van der Waals surface area (Å²) in [6, 6.07) is 4.46. The molecule has 152 valence electrons. The van der Waals surface area contributed by atoms with Crippen molar-refractivity contribution in [2.24, 2.45) is 10.3 Å². The highest BCUT2D eigenvalue weighted by Crippen LogP contribution is 2.38. The Morgan fingerprint density at radius 2 is 2.18 bits per heavy atom. The van der Waals surface area contributed by atoms with Gasteiger partial charge in [0.1, 0.15) is 22.1 Å². The summed E-state index contributed by atoms with van der Waals surface area (Å²) in [7, 11) is -3.63. The van der Waals surface area contributed by atoms with Gasteiger partial charge in [-0.25, -0.2) is 22.6 Å². The van der Waals surface area contributed by atoms with Gasteiger partial charge in [-0.3, -0.25) is 5.32 Å². The predicted octanol–water partition coefficient (Wildman–Crippen LogP) is 1.69. The standard InChI is InChI=1S/C16H19BrFN5O4S/c17-11-8-10(3-4-12(11)18)9-14(21-24)15-13(22-27-23-15)2-1-7-20-16(5-6-16)28(19,25)26/h3-4,8,20,24H,1-2,5-7,9H2,(H2,19,25,26)/b21-14+. The van der Waals surface area contributed by atoms with Gasteiger partial charge in [-0.2, -0.15) is 0 Å². The van der Waals surface area contributed by atoms with Crippen molar-refractivity contribution in [2.75, 3.05) is 6.54 Å². The highest BCUT2D eigenvalue weighted by atomic mass is 79.9. The second-order valence-corrected chi connectivity index (χ2v) is 9.33. The van der Waals surface area contributed by atoms with Crippen LogP contribution in [-0.2, 0) is 22.9 Å². The zero-order valence-electron chi connectivity index (χ0n) is 14.7. The number of sulfonamides is 1. The van der Waals surface area contributed by atoms with E-state index in [1.54, 1.807) is 12.1 Å². The van der Waals surface area contributed by atoms with E-state index in [0.29, 0.717) is 53.7 Å². The van der Waals surface area contributed by atoms with Crippen LogP contribution in [0.4, 0.5) is 4.39 Å². The van der Waals surface area contributed by atoms with Gasteiger partial charge >= 0.3 is 0 Å². The Morgan fingerprint density at radius 1 is 1.43 bits per heavy atom. The Labute approximate surface area is 169 Å². The molecule has 12 heteroatoms. The van der Waals surface area contributed by atoms with Crippen molar-refractivity contribution in [1.29, 1.82) is 0 Å². The number of nitrogens with two attached hydrogens (primary N) is 1. The second kappa shape index (κ2) is 8.23. The van der Waals surface area contributed by atoms with Crippen LogP contribution in [0.25, 0.3) is 0 Å². The Bertz CT molecular complexity index is 991. The number of hydrogen-bond acceptors (Lipinski definition) is 8. The van der Waals surface area contributed by atoms with E-state index in [1.165, 1.54) is 6.07 Å². The number of oxime groups is 1. The van der Waals surface area contributed by atoms with E-state index in [4.69, 9.17) is 9.77 Å². The molecule has 1 saturated carbocycles. The Morgan fingerprint density at radius 3 is 2.79 bits per heavy atom. The number of nitrogens with zero attached hydrogens (tertiary/aromatic N) is 3. The molecule has 0 atom stereocenters. The minimum atomic E-state index is -3.63. The maximum absolute atomic E-state index is 13.4. The molecule has 1 aromatic carbocycles. The minimum Gasteiger partial charge on any atom is -0.411 e. The summed E-state index contributed by atoms with van der Waals surface area (Å²) in [6.07, 6.45) is 2.18. The van der Waals surface area contributed by atoms with Gasteiger partial charge in [0.2, 0.25) is 10.0 Å². The van der Waals surface area contributed by atoms with Gasteiger partial charge in [0.25, 0.3) is 0 Å². The van der Waals surface area contributed by atoms with Crippen LogP contribution in [0.1, 0.15) is 36.2 Å². The number of primary sulfonamides is 1. The largest absolute Gasteiger partial charge is 0.411 e. The third-order valence-electron chi connectivity index (χ3n) is 4.59. The summed E-state index contributed by atoms with van der Waals surface area (Å²) in [4.78, 5) is -1.01. The molecule has 4 N–H and O–H groups in total. The van der Waals surface area contributed by atoms with Crippen LogP contribution in [0.2, 0.25) is 0 Å². The third-order valence-corrected chi connectivity index (χ3v) is 6.84. The van der Waals surface area contributed by atoms with Crippen molar-refractivity contribution in [3.05, 3.63) is 45.4 Å².